The number of hydrogen-bond acceptors (Lipinski definition) is 5. The van der Waals surface area contributed by atoms with Crippen LogP contribution in [0.25, 0.3) is 0 Å². The van der Waals surface area contributed by atoms with Crippen molar-refractivity contribution in [1.29, 1.82) is 0 Å². The Labute approximate surface area is 214 Å². The van der Waals surface area contributed by atoms with E-state index in [9.17, 15) is 27.6 Å². The first-order valence-corrected chi connectivity index (χ1v) is 12.6. The van der Waals surface area contributed by atoms with Gasteiger partial charge in [-0.2, -0.15) is 13.2 Å². The highest BCUT2D eigenvalue weighted by molar-refractivity contribution is 6.01. The standard InChI is InChI=1S/C29H31F3O5/c1-4-36-25(34)28(26(35)37-5-2)16-19-15-22(24(33)18-9-7-6-8-10-18)27(3,23(19)17-28)20-11-13-21(14-12-20)29(30,31)32/h6-14,19,22-23H,4-5,15-17H2,1-3H3/t19-,22+,23+,27+/m0/s1. The number of esters is 2. The topological polar surface area (TPSA) is 69.7 Å². The molecular weight excluding hydrogens is 485 g/mol. The molecule has 2 aromatic carbocycles. The van der Waals surface area contributed by atoms with Gasteiger partial charge in [-0.25, -0.2) is 0 Å². The van der Waals surface area contributed by atoms with Crippen LogP contribution in [0.2, 0.25) is 0 Å². The molecule has 0 unspecified atom stereocenters. The number of rotatable bonds is 7. The average Bonchev–Trinajstić information content (AvgIpc) is 3.40. The first kappa shape index (κ1) is 26.9. The molecule has 2 saturated carbocycles. The highest BCUT2D eigenvalue weighted by Gasteiger charge is 2.66. The van der Waals surface area contributed by atoms with Crippen LogP contribution in [0.4, 0.5) is 13.2 Å². The number of alkyl halides is 3. The summed E-state index contributed by atoms with van der Waals surface area (Å²) >= 11 is 0. The molecular formula is C29H31F3O5. The monoisotopic (exact) mass is 516 g/mol. The Balaban J connectivity index is 1.80. The lowest BCUT2D eigenvalue weighted by molar-refractivity contribution is -0.172. The van der Waals surface area contributed by atoms with Crippen molar-refractivity contribution in [3.8, 4) is 0 Å². The highest BCUT2D eigenvalue weighted by Crippen LogP contribution is 2.64. The minimum Gasteiger partial charge on any atom is -0.465 e. The summed E-state index contributed by atoms with van der Waals surface area (Å²) in [5.41, 5.74) is -2.10. The summed E-state index contributed by atoms with van der Waals surface area (Å²) in [5.74, 6) is -2.46. The van der Waals surface area contributed by atoms with Crippen LogP contribution in [0.15, 0.2) is 54.6 Å². The number of halogens is 3. The Morgan fingerprint density at radius 3 is 1.97 bits per heavy atom. The molecule has 0 radical (unpaired) electrons. The maximum absolute atomic E-state index is 13.8. The average molecular weight is 517 g/mol. The number of ether oxygens (including phenoxy) is 2. The van der Waals surface area contributed by atoms with Crippen molar-refractivity contribution in [1.82, 2.24) is 0 Å². The van der Waals surface area contributed by atoms with Gasteiger partial charge in [0, 0.05) is 16.9 Å². The maximum Gasteiger partial charge on any atom is 0.416 e. The zero-order valence-electron chi connectivity index (χ0n) is 21.1. The van der Waals surface area contributed by atoms with Crippen molar-refractivity contribution in [2.24, 2.45) is 23.2 Å². The maximum atomic E-state index is 13.8. The van der Waals surface area contributed by atoms with Crippen LogP contribution in [-0.2, 0) is 30.7 Å². The molecule has 2 aliphatic carbocycles. The van der Waals surface area contributed by atoms with Gasteiger partial charge >= 0.3 is 18.1 Å². The third kappa shape index (κ3) is 4.55. The fourth-order valence-corrected chi connectivity index (χ4v) is 6.54. The van der Waals surface area contributed by atoms with Crippen molar-refractivity contribution in [3.05, 3.63) is 71.3 Å². The van der Waals surface area contributed by atoms with E-state index in [0.29, 0.717) is 17.5 Å². The largest absolute Gasteiger partial charge is 0.465 e. The molecule has 0 heterocycles. The molecule has 0 bridgehead atoms. The van der Waals surface area contributed by atoms with Crippen LogP contribution in [0.3, 0.4) is 0 Å². The molecule has 2 fully saturated rings. The van der Waals surface area contributed by atoms with E-state index in [1.807, 2.05) is 13.0 Å². The molecule has 2 aliphatic rings. The first-order chi connectivity index (χ1) is 17.5. The fraction of sp³-hybridized carbons (Fsp3) is 0.483. The molecule has 4 atom stereocenters. The van der Waals surface area contributed by atoms with Gasteiger partial charge in [0.2, 0.25) is 0 Å². The lowest BCUT2D eigenvalue weighted by Gasteiger charge is -2.38. The molecule has 4 rings (SSSR count). The lowest BCUT2D eigenvalue weighted by Crippen LogP contribution is -2.44. The van der Waals surface area contributed by atoms with Crippen LogP contribution in [0.1, 0.15) is 61.5 Å². The van der Waals surface area contributed by atoms with E-state index < -0.39 is 40.4 Å². The number of ketones is 1. The summed E-state index contributed by atoms with van der Waals surface area (Å²) in [6, 6.07) is 13.7. The van der Waals surface area contributed by atoms with Crippen LogP contribution < -0.4 is 0 Å². The predicted molar refractivity (Wildman–Crippen MR) is 130 cm³/mol. The summed E-state index contributed by atoms with van der Waals surface area (Å²) in [7, 11) is 0. The van der Waals surface area contributed by atoms with Gasteiger partial charge < -0.3 is 9.47 Å². The van der Waals surface area contributed by atoms with Gasteiger partial charge in [-0.05, 0) is 62.6 Å². The van der Waals surface area contributed by atoms with Crippen LogP contribution in [-0.4, -0.2) is 30.9 Å². The Morgan fingerprint density at radius 2 is 1.46 bits per heavy atom. The molecule has 0 N–H and O–H groups in total. The Bertz CT molecular complexity index is 1140. The van der Waals surface area contributed by atoms with Gasteiger partial charge in [0.15, 0.2) is 11.2 Å². The van der Waals surface area contributed by atoms with Gasteiger partial charge in [0.25, 0.3) is 0 Å². The molecule has 5 nitrogen and oxygen atoms in total. The van der Waals surface area contributed by atoms with E-state index in [4.69, 9.17) is 9.47 Å². The second kappa shape index (κ2) is 9.95. The van der Waals surface area contributed by atoms with Crippen molar-refractivity contribution in [3.63, 3.8) is 0 Å². The van der Waals surface area contributed by atoms with Crippen LogP contribution >= 0.6 is 0 Å². The second-order valence-corrected chi connectivity index (χ2v) is 10.2. The molecule has 2 aromatic rings. The van der Waals surface area contributed by atoms with Crippen molar-refractivity contribution in [2.45, 2.75) is 51.6 Å². The Kier molecular flexibility index (Phi) is 7.23. The van der Waals surface area contributed by atoms with Gasteiger partial charge in [0.1, 0.15) is 0 Å². The third-order valence-electron chi connectivity index (χ3n) is 8.32. The quantitative estimate of drug-likeness (QED) is 0.256. The first-order valence-electron chi connectivity index (χ1n) is 12.6. The lowest BCUT2D eigenvalue weighted by atomic mass is 9.64. The summed E-state index contributed by atoms with van der Waals surface area (Å²) < 4.78 is 50.5. The van der Waals surface area contributed by atoms with E-state index in [-0.39, 0.29) is 43.7 Å². The van der Waals surface area contributed by atoms with Crippen molar-refractivity contribution in [2.75, 3.05) is 13.2 Å². The van der Waals surface area contributed by atoms with E-state index in [2.05, 4.69) is 0 Å². The summed E-state index contributed by atoms with van der Waals surface area (Å²) in [6.07, 6.45) is -3.82. The third-order valence-corrected chi connectivity index (χ3v) is 8.32. The van der Waals surface area contributed by atoms with E-state index in [1.165, 1.54) is 12.1 Å². The number of Topliss-reactive ketones (excluding diaryl/α,β-unsaturated/α-hetero) is 1. The number of carbonyl (C=O) groups is 3. The zero-order chi connectivity index (χ0) is 27.0. The summed E-state index contributed by atoms with van der Waals surface area (Å²) in [4.78, 5) is 40.0. The van der Waals surface area contributed by atoms with Crippen molar-refractivity contribution < 1.29 is 37.0 Å². The smallest absolute Gasteiger partial charge is 0.416 e. The number of benzene rings is 2. The van der Waals surface area contributed by atoms with Crippen molar-refractivity contribution >= 4 is 17.7 Å². The Hall–Kier alpha value is -3.16. The molecule has 8 heteroatoms. The SMILES string of the molecule is CCOC(=O)C1(C(=O)OCC)C[C@@H]2C[C@H](C(=O)c3ccccc3)[C@@](C)(c3ccc(C(F)(F)F)cc3)[C@@H]2C1. The minimum atomic E-state index is -4.49. The van der Waals surface area contributed by atoms with Crippen LogP contribution in [0.5, 0.6) is 0 Å². The molecule has 0 aromatic heterocycles. The van der Waals surface area contributed by atoms with Gasteiger partial charge in [-0.3, -0.25) is 14.4 Å². The van der Waals surface area contributed by atoms with Crippen LogP contribution in [0, 0.1) is 23.2 Å². The van der Waals surface area contributed by atoms with Gasteiger partial charge in [0.05, 0.1) is 18.8 Å². The van der Waals surface area contributed by atoms with Gasteiger partial charge in [-0.15, -0.1) is 0 Å². The van der Waals surface area contributed by atoms with Gasteiger partial charge in [-0.1, -0.05) is 49.4 Å². The molecule has 198 valence electrons. The Morgan fingerprint density at radius 1 is 0.892 bits per heavy atom. The fourth-order valence-electron chi connectivity index (χ4n) is 6.54. The highest BCUT2D eigenvalue weighted by atomic mass is 19.4. The molecule has 0 spiro atoms. The zero-order valence-corrected chi connectivity index (χ0v) is 21.1. The minimum absolute atomic E-state index is 0.0978. The molecule has 0 amide bonds. The molecule has 0 saturated heterocycles. The predicted octanol–water partition coefficient (Wildman–Crippen LogP) is 6.00. The molecule has 0 aliphatic heterocycles. The summed E-state index contributed by atoms with van der Waals surface area (Å²) in [6.45, 7) is 5.39. The van der Waals surface area contributed by atoms with E-state index >= 15 is 0 Å². The normalized spacial score (nSPS) is 26.4. The number of fused-ring (bicyclic) bond motifs is 1. The summed E-state index contributed by atoms with van der Waals surface area (Å²) in [5, 5.41) is 0. The van der Waals surface area contributed by atoms with E-state index in [1.54, 1.807) is 38.1 Å². The second-order valence-electron chi connectivity index (χ2n) is 10.2. The number of hydrogen-bond donors (Lipinski definition) is 0. The molecule has 37 heavy (non-hydrogen) atoms. The van der Waals surface area contributed by atoms with E-state index in [0.717, 1.165) is 12.1 Å². The number of carbonyl (C=O) groups excluding carboxylic acids is 3.